The number of aromatic nitrogens is 2. The van der Waals surface area contributed by atoms with E-state index in [-0.39, 0.29) is 5.75 Å². The number of carbonyl (C=O) groups excluding carboxylic acids is 1. The molecule has 0 saturated carbocycles. The standard InChI is InChI=1S/C12H11FN2O2/c13-11-7-10(8-16)1-2-12(11)17-6-5-15-4-3-14-9-15/h1-4,7-9H,5-6H2. The second-order valence-corrected chi connectivity index (χ2v) is 3.46. The third kappa shape index (κ3) is 2.90. The van der Waals surface area contributed by atoms with Crippen LogP contribution in [0.25, 0.3) is 0 Å². The van der Waals surface area contributed by atoms with Gasteiger partial charge in [-0.1, -0.05) is 0 Å². The number of rotatable bonds is 5. The van der Waals surface area contributed by atoms with Gasteiger partial charge in [-0.25, -0.2) is 9.37 Å². The number of hydrogen-bond acceptors (Lipinski definition) is 3. The van der Waals surface area contributed by atoms with Gasteiger partial charge in [-0.2, -0.15) is 0 Å². The zero-order valence-electron chi connectivity index (χ0n) is 9.04. The molecule has 1 heterocycles. The van der Waals surface area contributed by atoms with E-state index in [1.54, 1.807) is 18.7 Å². The molecule has 88 valence electrons. The number of benzene rings is 1. The first-order valence-electron chi connectivity index (χ1n) is 5.13. The van der Waals surface area contributed by atoms with Crippen LogP contribution in [-0.4, -0.2) is 22.4 Å². The van der Waals surface area contributed by atoms with E-state index in [1.807, 2.05) is 4.57 Å². The first-order valence-corrected chi connectivity index (χ1v) is 5.13. The van der Waals surface area contributed by atoms with Gasteiger partial charge < -0.3 is 9.30 Å². The molecule has 1 aromatic heterocycles. The minimum absolute atomic E-state index is 0.149. The topological polar surface area (TPSA) is 44.1 Å². The quantitative estimate of drug-likeness (QED) is 0.742. The molecule has 0 unspecified atom stereocenters. The number of hydrogen-bond donors (Lipinski definition) is 0. The van der Waals surface area contributed by atoms with Crippen molar-refractivity contribution in [1.29, 1.82) is 0 Å². The van der Waals surface area contributed by atoms with Gasteiger partial charge in [0.2, 0.25) is 0 Å². The summed E-state index contributed by atoms with van der Waals surface area (Å²) in [6.07, 6.45) is 5.72. The first kappa shape index (κ1) is 11.3. The van der Waals surface area contributed by atoms with Crippen molar-refractivity contribution in [2.75, 3.05) is 6.61 Å². The molecule has 0 aliphatic carbocycles. The lowest BCUT2D eigenvalue weighted by atomic mass is 10.2. The Morgan fingerprint density at radius 3 is 3.00 bits per heavy atom. The SMILES string of the molecule is O=Cc1ccc(OCCn2ccnc2)c(F)c1. The van der Waals surface area contributed by atoms with E-state index < -0.39 is 5.82 Å². The average Bonchev–Trinajstić information content (AvgIpc) is 2.84. The Kier molecular flexibility index (Phi) is 3.49. The van der Waals surface area contributed by atoms with Crippen LogP contribution in [0.2, 0.25) is 0 Å². The van der Waals surface area contributed by atoms with E-state index in [0.717, 1.165) is 6.07 Å². The Morgan fingerprint density at radius 2 is 2.35 bits per heavy atom. The Labute approximate surface area is 97.7 Å². The Bertz CT molecular complexity index is 497. The largest absolute Gasteiger partial charge is 0.489 e. The molecule has 0 amide bonds. The highest BCUT2D eigenvalue weighted by Gasteiger charge is 2.04. The third-order valence-electron chi connectivity index (χ3n) is 2.26. The van der Waals surface area contributed by atoms with E-state index in [0.29, 0.717) is 25.0 Å². The molecular formula is C12H11FN2O2. The molecule has 1 aromatic carbocycles. The lowest BCUT2D eigenvalue weighted by molar-refractivity contribution is 0.112. The highest BCUT2D eigenvalue weighted by molar-refractivity contribution is 5.74. The molecule has 0 spiro atoms. The predicted molar refractivity (Wildman–Crippen MR) is 59.5 cm³/mol. The minimum Gasteiger partial charge on any atom is -0.489 e. The number of nitrogens with zero attached hydrogens (tertiary/aromatic N) is 2. The highest BCUT2D eigenvalue weighted by atomic mass is 19.1. The van der Waals surface area contributed by atoms with Gasteiger partial charge in [-0.15, -0.1) is 0 Å². The maximum atomic E-state index is 13.4. The summed E-state index contributed by atoms with van der Waals surface area (Å²) in [6.45, 7) is 0.933. The molecule has 5 heteroatoms. The van der Waals surface area contributed by atoms with Gasteiger partial charge in [0, 0.05) is 18.0 Å². The Balaban J connectivity index is 1.92. The van der Waals surface area contributed by atoms with Crippen molar-refractivity contribution in [3.8, 4) is 5.75 Å². The summed E-state index contributed by atoms with van der Waals surface area (Å²) in [7, 11) is 0. The van der Waals surface area contributed by atoms with Gasteiger partial charge in [-0.3, -0.25) is 4.79 Å². The fourth-order valence-corrected chi connectivity index (χ4v) is 1.39. The molecule has 2 rings (SSSR count). The van der Waals surface area contributed by atoms with Crippen LogP contribution in [-0.2, 0) is 6.54 Å². The molecular weight excluding hydrogens is 223 g/mol. The lowest BCUT2D eigenvalue weighted by Gasteiger charge is -2.07. The maximum absolute atomic E-state index is 13.4. The Hall–Kier alpha value is -2.17. The summed E-state index contributed by atoms with van der Waals surface area (Å²) in [5.41, 5.74) is 0.296. The van der Waals surface area contributed by atoms with Crippen LogP contribution in [0.5, 0.6) is 5.75 Å². The minimum atomic E-state index is -0.528. The van der Waals surface area contributed by atoms with Crippen molar-refractivity contribution in [3.05, 3.63) is 48.3 Å². The van der Waals surface area contributed by atoms with Crippen molar-refractivity contribution in [2.24, 2.45) is 0 Å². The van der Waals surface area contributed by atoms with Gasteiger partial charge in [-0.05, 0) is 18.2 Å². The normalized spacial score (nSPS) is 10.2. The van der Waals surface area contributed by atoms with Gasteiger partial charge in [0.15, 0.2) is 11.6 Å². The number of halogens is 1. The van der Waals surface area contributed by atoms with Crippen LogP contribution >= 0.6 is 0 Å². The predicted octanol–water partition coefficient (Wildman–Crippen LogP) is 1.91. The molecule has 0 atom stereocenters. The van der Waals surface area contributed by atoms with Crippen LogP contribution in [0, 0.1) is 5.82 Å². The van der Waals surface area contributed by atoms with Gasteiger partial charge in [0.25, 0.3) is 0 Å². The smallest absolute Gasteiger partial charge is 0.165 e. The molecule has 2 aromatic rings. The van der Waals surface area contributed by atoms with Crippen molar-refractivity contribution < 1.29 is 13.9 Å². The molecule has 17 heavy (non-hydrogen) atoms. The molecule has 0 aliphatic rings. The summed E-state index contributed by atoms with van der Waals surface area (Å²) < 4.78 is 20.5. The summed E-state index contributed by atoms with van der Waals surface area (Å²) in [4.78, 5) is 14.3. The van der Waals surface area contributed by atoms with Crippen LogP contribution in [0.1, 0.15) is 10.4 Å². The molecule has 0 N–H and O–H groups in total. The van der Waals surface area contributed by atoms with Crippen molar-refractivity contribution in [2.45, 2.75) is 6.54 Å². The second-order valence-electron chi connectivity index (χ2n) is 3.46. The van der Waals surface area contributed by atoms with E-state index in [2.05, 4.69) is 4.98 Å². The molecule has 0 saturated heterocycles. The highest BCUT2D eigenvalue weighted by Crippen LogP contribution is 2.17. The van der Waals surface area contributed by atoms with Crippen LogP contribution < -0.4 is 4.74 Å². The number of imidazole rings is 1. The molecule has 0 radical (unpaired) electrons. The summed E-state index contributed by atoms with van der Waals surface area (Å²) >= 11 is 0. The van der Waals surface area contributed by atoms with Crippen molar-refractivity contribution >= 4 is 6.29 Å². The average molecular weight is 234 g/mol. The molecule has 4 nitrogen and oxygen atoms in total. The van der Waals surface area contributed by atoms with Crippen LogP contribution in [0.4, 0.5) is 4.39 Å². The summed E-state index contributed by atoms with van der Waals surface area (Å²) in [5.74, 6) is -0.379. The third-order valence-corrected chi connectivity index (χ3v) is 2.26. The number of carbonyl (C=O) groups is 1. The fraction of sp³-hybridized carbons (Fsp3) is 0.167. The van der Waals surface area contributed by atoms with Crippen LogP contribution in [0.3, 0.4) is 0 Å². The van der Waals surface area contributed by atoms with E-state index in [4.69, 9.17) is 4.74 Å². The van der Waals surface area contributed by atoms with Gasteiger partial charge >= 0.3 is 0 Å². The van der Waals surface area contributed by atoms with Gasteiger partial charge in [0.1, 0.15) is 12.9 Å². The van der Waals surface area contributed by atoms with E-state index in [9.17, 15) is 9.18 Å². The lowest BCUT2D eigenvalue weighted by Crippen LogP contribution is -2.07. The summed E-state index contributed by atoms with van der Waals surface area (Å²) in [5, 5.41) is 0. The number of ether oxygens (including phenoxy) is 1. The van der Waals surface area contributed by atoms with Crippen molar-refractivity contribution in [1.82, 2.24) is 9.55 Å². The zero-order valence-corrected chi connectivity index (χ0v) is 9.04. The zero-order chi connectivity index (χ0) is 12.1. The fourth-order valence-electron chi connectivity index (χ4n) is 1.39. The van der Waals surface area contributed by atoms with Crippen LogP contribution in [0.15, 0.2) is 36.9 Å². The molecule has 0 fully saturated rings. The number of aldehydes is 1. The van der Waals surface area contributed by atoms with E-state index in [1.165, 1.54) is 12.1 Å². The van der Waals surface area contributed by atoms with Crippen molar-refractivity contribution in [3.63, 3.8) is 0 Å². The monoisotopic (exact) mass is 234 g/mol. The second kappa shape index (κ2) is 5.25. The summed E-state index contributed by atoms with van der Waals surface area (Å²) in [6, 6.07) is 4.12. The molecule has 0 bridgehead atoms. The maximum Gasteiger partial charge on any atom is 0.165 e. The van der Waals surface area contributed by atoms with Gasteiger partial charge in [0.05, 0.1) is 12.9 Å². The first-order chi connectivity index (χ1) is 8.29. The Morgan fingerprint density at radius 1 is 1.47 bits per heavy atom. The molecule has 0 aliphatic heterocycles. The van der Waals surface area contributed by atoms with E-state index >= 15 is 0 Å².